The van der Waals surface area contributed by atoms with Gasteiger partial charge in [-0.25, -0.2) is 4.98 Å². The molecular weight excluding hydrogens is 300 g/mol. The van der Waals surface area contributed by atoms with E-state index < -0.39 is 0 Å². The maximum absolute atomic E-state index is 8.90. The van der Waals surface area contributed by atoms with Crippen LogP contribution in [0.15, 0.2) is 66.9 Å². The summed E-state index contributed by atoms with van der Waals surface area (Å²) < 4.78 is 5.73. The van der Waals surface area contributed by atoms with Crippen molar-refractivity contribution in [2.24, 2.45) is 0 Å². The summed E-state index contributed by atoms with van der Waals surface area (Å²) in [4.78, 5) is 4.16. The molecule has 0 aliphatic heterocycles. The molecule has 114 valence electrons. The molecule has 0 amide bonds. The molecule has 0 unspecified atom stereocenters. The molecule has 0 radical (unpaired) electrons. The number of ether oxygens (including phenoxy) is 1. The second-order valence-electron chi connectivity index (χ2n) is 4.93. The highest BCUT2D eigenvalue weighted by Gasteiger charge is 2.01. The predicted octanol–water partition coefficient (Wildman–Crippen LogP) is 4.36. The van der Waals surface area contributed by atoms with Crippen molar-refractivity contribution in [2.45, 2.75) is 0 Å². The smallest absolute Gasteiger partial charge is 0.130 e. The third-order valence-corrected chi connectivity index (χ3v) is 3.22. The Hall–Kier alpha value is -3.83. The van der Waals surface area contributed by atoms with Crippen LogP contribution in [-0.2, 0) is 0 Å². The molecule has 0 fully saturated rings. The van der Waals surface area contributed by atoms with Crippen molar-refractivity contribution in [3.8, 4) is 23.6 Å². The monoisotopic (exact) mass is 312 g/mol. The van der Waals surface area contributed by atoms with E-state index in [2.05, 4.69) is 16.4 Å². The molecule has 24 heavy (non-hydrogen) atoms. The van der Waals surface area contributed by atoms with E-state index in [1.54, 1.807) is 36.4 Å². The van der Waals surface area contributed by atoms with E-state index in [9.17, 15) is 0 Å². The van der Waals surface area contributed by atoms with Gasteiger partial charge in [0.15, 0.2) is 0 Å². The third-order valence-electron chi connectivity index (χ3n) is 3.22. The standard InChI is InChI=1S/C19H12N4O/c20-11-14-2-1-3-18(10-14)24-17-7-5-16(6-8-17)23-19-9-4-15(12-21)13-22-19/h1-10,13H,(H,22,23). The van der Waals surface area contributed by atoms with Crippen LogP contribution >= 0.6 is 0 Å². The van der Waals surface area contributed by atoms with Gasteiger partial charge in [0.2, 0.25) is 0 Å². The van der Waals surface area contributed by atoms with E-state index in [1.165, 1.54) is 6.20 Å². The van der Waals surface area contributed by atoms with Crippen LogP contribution in [0, 0.1) is 22.7 Å². The number of nitriles is 2. The van der Waals surface area contributed by atoms with Crippen molar-refractivity contribution in [3.05, 3.63) is 78.0 Å². The lowest BCUT2D eigenvalue weighted by molar-refractivity contribution is 0.482. The zero-order valence-electron chi connectivity index (χ0n) is 12.6. The highest BCUT2D eigenvalue weighted by molar-refractivity contribution is 5.57. The fraction of sp³-hybridized carbons (Fsp3) is 0. The molecule has 2 aromatic carbocycles. The van der Waals surface area contributed by atoms with Crippen LogP contribution in [0.2, 0.25) is 0 Å². The number of rotatable bonds is 4. The molecule has 3 rings (SSSR count). The number of anilines is 2. The van der Waals surface area contributed by atoms with Gasteiger partial charge < -0.3 is 10.1 Å². The van der Waals surface area contributed by atoms with Gasteiger partial charge in [-0.3, -0.25) is 0 Å². The minimum Gasteiger partial charge on any atom is -0.457 e. The molecule has 0 saturated carbocycles. The highest BCUT2D eigenvalue weighted by atomic mass is 16.5. The molecule has 0 bridgehead atoms. The molecule has 0 aliphatic carbocycles. The Morgan fingerprint density at radius 3 is 2.29 bits per heavy atom. The van der Waals surface area contributed by atoms with Crippen molar-refractivity contribution in [2.75, 3.05) is 5.32 Å². The molecule has 1 N–H and O–H groups in total. The van der Waals surface area contributed by atoms with E-state index in [0.29, 0.717) is 28.4 Å². The molecule has 3 aromatic rings. The lowest BCUT2D eigenvalue weighted by Gasteiger charge is -2.08. The normalized spacial score (nSPS) is 9.58. The first-order chi connectivity index (χ1) is 11.8. The number of nitrogens with one attached hydrogen (secondary N) is 1. The number of hydrogen-bond acceptors (Lipinski definition) is 5. The summed E-state index contributed by atoms with van der Waals surface area (Å²) in [6.45, 7) is 0. The molecule has 5 heteroatoms. The van der Waals surface area contributed by atoms with Crippen molar-refractivity contribution in [3.63, 3.8) is 0 Å². The van der Waals surface area contributed by atoms with E-state index in [0.717, 1.165) is 5.69 Å². The Bertz CT molecular complexity index is 919. The lowest BCUT2D eigenvalue weighted by Crippen LogP contribution is -1.93. The van der Waals surface area contributed by atoms with Crippen molar-refractivity contribution in [1.29, 1.82) is 10.5 Å². The largest absolute Gasteiger partial charge is 0.457 e. The molecule has 0 atom stereocenters. The van der Waals surface area contributed by atoms with Crippen LogP contribution in [0.1, 0.15) is 11.1 Å². The summed E-state index contributed by atoms with van der Waals surface area (Å²) >= 11 is 0. The second-order valence-corrected chi connectivity index (χ2v) is 4.93. The number of pyridine rings is 1. The fourth-order valence-corrected chi connectivity index (χ4v) is 2.05. The summed E-state index contributed by atoms with van der Waals surface area (Å²) in [5.74, 6) is 1.94. The topological polar surface area (TPSA) is 81.7 Å². The summed E-state index contributed by atoms with van der Waals surface area (Å²) in [7, 11) is 0. The van der Waals surface area contributed by atoms with Crippen molar-refractivity contribution >= 4 is 11.5 Å². The van der Waals surface area contributed by atoms with Crippen LogP contribution in [0.5, 0.6) is 11.5 Å². The molecule has 1 heterocycles. The summed E-state index contributed by atoms with van der Waals surface area (Å²) in [5.41, 5.74) is 1.92. The molecule has 0 aliphatic rings. The van der Waals surface area contributed by atoms with Crippen molar-refractivity contribution < 1.29 is 4.74 Å². The third kappa shape index (κ3) is 3.68. The molecule has 0 spiro atoms. The number of nitrogens with zero attached hydrogens (tertiary/aromatic N) is 3. The van der Waals surface area contributed by atoms with Crippen molar-refractivity contribution in [1.82, 2.24) is 4.98 Å². The van der Waals surface area contributed by atoms with Gasteiger partial charge in [-0.05, 0) is 54.6 Å². The second kappa shape index (κ2) is 6.95. The summed E-state index contributed by atoms with van der Waals surface area (Å²) in [6, 6.07) is 21.9. The number of hydrogen-bond donors (Lipinski definition) is 1. The minimum atomic E-state index is 0.517. The van der Waals surface area contributed by atoms with Crippen LogP contribution in [0.3, 0.4) is 0 Å². The van der Waals surface area contributed by atoms with Crippen LogP contribution in [0.25, 0.3) is 0 Å². The first kappa shape index (κ1) is 15.1. The van der Waals surface area contributed by atoms with Gasteiger partial charge in [-0.1, -0.05) is 6.07 Å². The molecular formula is C19H12N4O. The quantitative estimate of drug-likeness (QED) is 0.774. The van der Waals surface area contributed by atoms with E-state index in [-0.39, 0.29) is 0 Å². The minimum absolute atomic E-state index is 0.517. The lowest BCUT2D eigenvalue weighted by atomic mass is 10.2. The van der Waals surface area contributed by atoms with E-state index in [1.807, 2.05) is 30.3 Å². The number of benzene rings is 2. The SMILES string of the molecule is N#Cc1ccc(Nc2ccc(Oc3cccc(C#N)c3)cc2)nc1. The molecule has 5 nitrogen and oxygen atoms in total. The van der Waals surface area contributed by atoms with Gasteiger partial charge in [-0.2, -0.15) is 10.5 Å². The number of aromatic nitrogens is 1. The maximum Gasteiger partial charge on any atom is 0.130 e. The Morgan fingerprint density at radius 2 is 1.62 bits per heavy atom. The van der Waals surface area contributed by atoms with Gasteiger partial charge >= 0.3 is 0 Å². The van der Waals surface area contributed by atoms with Gasteiger partial charge in [0.25, 0.3) is 0 Å². The van der Waals surface area contributed by atoms with Crippen LogP contribution in [0.4, 0.5) is 11.5 Å². The van der Waals surface area contributed by atoms with Crippen LogP contribution in [-0.4, -0.2) is 4.98 Å². The summed E-state index contributed by atoms with van der Waals surface area (Å²) in [5, 5.41) is 20.8. The summed E-state index contributed by atoms with van der Waals surface area (Å²) in [6.07, 6.45) is 1.52. The van der Waals surface area contributed by atoms with Gasteiger partial charge in [0, 0.05) is 11.9 Å². The van der Waals surface area contributed by atoms with Gasteiger partial charge in [-0.15, -0.1) is 0 Å². The first-order valence-corrected chi connectivity index (χ1v) is 7.18. The predicted molar refractivity (Wildman–Crippen MR) is 89.9 cm³/mol. The fourth-order valence-electron chi connectivity index (χ4n) is 2.05. The Balaban J connectivity index is 1.68. The van der Waals surface area contributed by atoms with E-state index in [4.69, 9.17) is 15.3 Å². The average molecular weight is 312 g/mol. The Morgan fingerprint density at radius 1 is 0.833 bits per heavy atom. The van der Waals surface area contributed by atoms with Crippen LogP contribution < -0.4 is 10.1 Å². The zero-order chi connectivity index (χ0) is 16.8. The molecule has 0 saturated heterocycles. The zero-order valence-corrected chi connectivity index (χ0v) is 12.6. The highest BCUT2D eigenvalue weighted by Crippen LogP contribution is 2.24. The van der Waals surface area contributed by atoms with Gasteiger partial charge in [0.1, 0.15) is 23.4 Å². The maximum atomic E-state index is 8.90. The Labute approximate surface area is 139 Å². The van der Waals surface area contributed by atoms with E-state index >= 15 is 0 Å². The van der Waals surface area contributed by atoms with Gasteiger partial charge in [0.05, 0.1) is 17.2 Å². The molecule has 1 aromatic heterocycles. The average Bonchev–Trinajstić information content (AvgIpc) is 2.64. The first-order valence-electron chi connectivity index (χ1n) is 7.18. The Kier molecular flexibility index (Phi) is 4.37.